The number of benzene rings is 1. The molecule has 1 aromatic carbocycles. The van der Waals surface area contributed by atoms with Gasteiger partial charge in [-0.2, -0.15) is 0 Å². The van der Waals surface area contributed by atoms with Gasteiger partial charge in [-0.1, -0.05) is 6.07 Å². The second-order valence-electron chi connectivity index (χ2n) is 5.04. The van der Waals surface area contributed by atoms with Gasteiger partial charge in [0.05, 0.1) is 19.8 Å². The molecule has 0 aromatic heterocycles. The molecule has 0 bridgehead atoms. The summed E-state index contributed by atoms with van der Waals surface area (Å²) in [5, 5.41) is 3.55. The highest BCUT2D eigenvalue weighted by Crippen LogP contribution is 2.28. The third kappa shape index (κ3) is 3.87. The van der Waals surface area contributed by atoms with E-state index in [1.54, 1.807) is 7.11 Å². The van der Waals surface area contributed by atoms with Gasteiger partial charge in [0.25, 0.3) is 0 Å². The summed E-state index contributed by atoms with van der Waals surface area (Å²) in [4.78, 5) is 0. The molecule has 1 N–H and O–H groups in total. The van der Waals surface area contributed by atoms with Gasteiger partial charge in [0, 0.05) is 19.2 Å². The molecule has 0 aliphatic heterocycles. The first-order valence-corrected chi connectivity index (χ1v) is 7.41. The summed E-state index contributed by atoms with van der Waals surface area (Å²) < 4.78 is 16.4. The standard InChI is InChI=1S/C16H25NO3/c1-4-19-14-9-13(10-14)17-11-12-6-7-15(20-5-2)16(8-12)18-3/h6-8,13-14,17H,4-5,9-11H2,1-3H3. The summed E-state index contributed by atoms with van der Waals surface area (Å²) in [6.45, 7) is 6.34. The fourth-order valence-electron chi connectivity index (χ4n) is 2.46. The molecule has 1 aromatic rings. The quantitative estimate of drug-likeness (QED) is 0.794. The molecule has 1 fully saturated rings. The smallest absolute Gasteiger partial charge is 0.161 e. The molecule has 1 saturated carbocycles. The summed E-state index contributed by atoms with van der Waals surface area (Å²) in [5.41, 5.74) is 1.21. The number of hydrogen-bond acceptors (Lipinski definition) is 4. The Morgan fingerprint density at radius 2 is 1.95 bits per heavy atom. The molecule has 20 heavy (non-hydrogen) atoms. The molecule has 0 heterocycles. The van der Waals surface area contributed by atoms with E-state index in [0.29, 0.717) is 18.8 Å². The van der Waals surface area contributed by atoms with Gasteiger partial charge in [-0.15, -0.1) is 0 Å². The molecule has 0 amide bonds. The van der Waals surface area contributed by atoms with Crippen LogP contribution in [0, 0.1) is 0 Å². The fraction of sp³-hybridized carbons (Fsp3) is 0.625. The third-order valence-corrected chi connectivity index (χ3v) is 3.62. The van der Waals surface area contributed by atoms with Crippen LogP contribution in [0.5, 0.6) is 11.5 Å². The maximum Gasteiger partial charge on any atom is 0.161 e. The summed E-state index contributed by atoms with van der Waals surface area (Å²) >= 11 is 0. The first-order chi connectivity index (χ1) is 9.76. The summed E-state index contributed by atoms with van der Waals surface area (Å²) in [6, 6.07) is 6.67. The van der Waals surface area contributed by atoms with Crippen LogP contribution < -0.4 is 14.8 Å². The van der Waals surface area contributed by atoms with Gasteiger partial charge in [0.15, 0.2) is 11.5 Å². The van der Waals surface area contributed by atoms with Crippen molar-refractivity contribution in [3.63, 3.8) is 0 Å². The van der Waals surface area contributed by atoms with Gasteiger partial charge in [-0.25, -0.2) is 0 Å². The maximum absolute atomic E-state index is 5.56. The molecule has 2 rings (SSSR count). The monoisotopic (exact) mass is 279 g/mol. The first-order valence-electron chi connectivity index (χ1n) is 7.41. The second-order valence-corrected chi connectivity index (χ2v) is 5.04. The van der Waals surface area contributed by atoms with Crippen molar-refractivity contribution in [3.8, 4) is 11.5 Å². The predicted molar refractivity (Wildman–Crippen MR) is 79.4 cm³/mol. The summed E-state index contributed by atoms with van der Waals surface area (Å²) in [6.07, 6.45) is 2.68. The Labute approximate surface area is 121 Å². The van der Waals surface area contributed by atoms with Crippen LogP contribution in [0.1, 0.15) is 32.3 Å². The van der Waals surface area contributed by atoms with E-state index in [-0.39, 0.29) is 0 Å². The van der Waals surface area contributed by atoms with Crippen LogP contribution in [0.3, 0.4) is 0 Å². The summed E-state index contributed by atoms with van der Waals surface area (Å²) in [5.74, 6) is 1.60. The lowest BCUT2D eigenvalue weighted by atomic mass is 9.89. The highest BCUT2D eigenvalue weighted by atomic mass is 16.5. The van der Waals surface area contributed by atoms with Crippen molar-refractivity contribution in [3.05, 3.63) is 23.8 Å². The minimum absolute atomic E-state index is 0.451. The van der Waals surface area contributed by atoms with Gasteiger partial charge in [0.2, 0.25) is 0 Å². The van der Waals surface area contributed by atoms with Crippen LogP contribution in [0.25, 0.3) is 0 Å². The average molecular weight is 279 g/mol. The lowest BCUT2D eigenvalue weighted by Gasteiger charge is -2.35. The minimum atomic E-state index is 0.451. The van der Waals surface area contributed by atoms with Gasteiger partial charge in [0.1, 0.15) is 0 Å². The SMILES string of the molecule is CCOc1ccc(CNC2CC(OCC)C2)cc1OC. The average Bonchev–Trinajstić information content (AvgIpc) is 2.42. The molecule has 0 unspecified atom stereocenters. The van der Waals surface area contributed by atoms with E-state index >= 15 is 0 Å². The topological polar surface area (TPSA) is 39.7 Å². The Hall–Kier alpha value is -1.26. The lowest BCUT2D eigenvalue weighted by Crippen LogP contribution is -2.45. The third-order valence-electron chi connectivity index (χ3n) is 3.62. The Kier molecular flexibility index (Phi) is 5.68. The molecule has 112 valence electrons. The van der Waals surface area contributed by atoms with Crippen molar-refractivity contribution in [1.82, 2.24) is 5.32 Å². The molecule has 1 aliphatic carbocycles. The van der Waals surface area contributed by atoms with Crippen molar-refractivity contribution in [2.75, 3.05) is 20.3 Å². The number of nitrogens with one attached hydrogen (secondary N) is 1. The molecular formula is C16H25NO3. The molecule has 0 spiro atoms. The van der Waals surface area contributed by atoms with Crippen molar-refractivity contribution in [2.24, 2.45) is 0 Å². The molecule has 4 nitrogen and oxygen atoms in total. The maximum atomic E-state index is 5.56. The Morgan fingerprint density at radius 3 is 2.60 bits per heavy atom. The van der Waals surface area contributed by atoms with Crippen LogP contribution in [0.4, 0.5) is 0 Å². The zero-order chi connectivity index (χ0) is 14.4. The van der Waals surface area contributed by atoms with Crippen molar-refractivity contribution < 1.29 is 14.2 Å². The van der Waals surface area contributed by atoms with Crippen LogP contribution in [0.15, 0.2) is 18.2 Å². The van der Waals surface area contributed by atoms with Crippen LogP contribution in [-0.2, 0) is 11.3 Å². The van der Waals surface area contributed by atoms with Gasteiger partial charge in [-0.3, -0.25) is 0 Å². The van der Waals surface area contributed by atoms with E-state index in [1.165, 1.54) is 5.56 Å². The zero-order valence-corrected chi connectivity index (χ0v) is 12.6. The number of rotatable bonds is 8. The Balaban J connectivity index is 1.81. The fourth-order valence-corrected chi connectivity index (χ4v) is 2.46. The molecule has 0 radical (unpaired) electrons. The van der Waals surface area contributed by atoms with Crippen molar-refractivity contribution in [1.29, 1.82) is 0 Å². The normalized spacial score (nSPS) is 21.4. The van der Waals surface area contributed by atoms with Gasteiger partial charge < -0.3 is 19.5 Å². The predicted octanol–water partition coefficient (Wildman–Crippen LogP) is 2.75. The highest BCUT2D eigenvalue weighted by molar-refractivity contribution is 5.42. The van der Waals surface area contributed by atoms with Gasteiger partial charge in [-0.05, 0) is 44.4 Å². The molecule has 0 atom stereocenters. The first kappa shape index (κ1) is 15.1. The van der Waals surface area contributed by atoms with E-state index < -0.39 is 0 Å². The lowest BCUT2D eigenvalue weighted by molar-refractivity contribution is -0.0102. The van der Waals surface area contributed by atoms with Crippen LogP contribution in [-0.4, -0.2) is 32.5 Å². The van der Waals surface area contributed by atoms with Crippen molar-refractivity contribution in [2.45, 2.75) is 45.4 Å². The van der Waals surface area contributed by atoms with E-state index in [9.17, 15) is 0 Å². The second kappa shape index (κ2) is 7.50. The molecule has 4 heteroatoms. The zero-order valence-electron chi connectivity index (χ0n) is 12.6. The number of methoxy groups -OCH3 is 1. The molecule has 1 aliphatic rings. The van der Waals surface area contributed by atoms with E-state index in [4.69, 9.17) is 14.2 Å². The Bertz CT molecular complexity index is 416. The van der Waals surface area contributed by atoms with Crippen LogP contribution >= 0.6 is 0 Å². The molecular weight excluding hydrogens is 254 g/mol. The van der Waals surface area contributed by atoms with Crippen LogP contribution in [0.2, 0.25) is 0 Å². The van der Waals surface area contributed by atoms with Crippen molar-refractivity contribution >= 4 is 0 Å². The van der Waals surface area contributed by atoms with E-state index in [2.05, 4.69) is 11.4 Å². The van der Waals surface area contributed by atoms with E-state index in [1.807, 2.05) is 26.0 Å². The number of ether oxygens (including phenoxy) is 3. The largest absolute Gasteiger partial charge is 0.493 e. The van der Waals surface area contributed by atoms with E-state index in [0.717, 1.165) is 37.5 Å². The Morgan fingerprint density at radius 1 is 1.15 bits per heavy atom. The molecule has 0 saturated heterocycles. The van der Waals surface area contributed by atoms with Gasteiger partial charge >= 0.3 is 0 Å². The minimum Gasteiger partial charge on any atom is -0.493 e. The number of hydrogen-bond donors (Lipinski definition) is 1. The summed E-state index contributed by atoms with van der Waals surface area (Å²) in [7, 11) is 1.67. The highest BCUT2D eigenvalue weighted by Gasteiger charge is 2.28.